The summed E-state index contributed by atoms with van der Waals surface area (Å²) in [6.07, 6.45) is 1.77. The van der Waals surface area contributed by atoms with Crippen molar-refractivity contribution in [3.8, 4) is 0 Å². The van der Waals surface area contributed by atoms with E-state index in [1.165, 1.54) is 0 Å². The molecule has 0 aromatic rings. The molecular formula is C7H13IN4OS. The average Bonchev–Trinajstić information content (AvgIpc) is 2.15. The van der Waals surface area contributed by atoms with Crippen LogP contribution in [-0.2, 0) is 4.79 Å². The first-order valence-electron chi connectivity index (χ1n) is 4.35. The van der Waals surface area contributed by atoms with Gasteiger partial charge in [0, 0.05) is 41.9 Å². The fourth-order valence-electron chi connectivity index (χ4n) is 1.34. The first kappa shape index (κ1) is 11.9. The summed E-state index contributed by atoms with van der Waals surface area (Å²) in [7, 11) is 0. The van der Waals surface area contributed by atoms with Gasteiger partial charge in [0.1, 0.15) is 0 Å². The van der Waals surface area contributed by atoms with Crippen LogP contribution in [0.2, 0.25) is 0 Å². The summed E-state index contributed by atoms with van der Waals surface area (Å²) in [4.78, 5) is 11.5. The summed E-state index contributed by atoms with van der Waals surface area (Å²) in [6.45, 7) is 1.90. The highest BCUT2D eigenvalue weighted by atomic mass is 127. The molecule has 1 aliphatic heterocycles. The molecule has 4 N–H and O–H groups in total. The van der Waals surface area contributed by atoms with E-state index in [0.717, 1.165) is 25.9 Å². The largest absolute Gasteiger partial charge is 0.375 e. The van der Waals surface area contributed by atoms with Crippen LogP contribution in [0, 0.1) is 5.92 Å². The van der Waals surface area contributed by atoms with Crippen LogP contribution in [-0.4, -0.2) is 27.2 Å². The fourth-order valence-corrected chi connectivity index (χ4v) is 1.94. The highest BCUT2D eigenvalue weighted by molar-refractivity contribution is 14.1. The number of nitrogens with one attached hydrogen (secondary N) is 2. The van der Waals surface area contributed by atoms with Crippen molar-refractivity contribution < 1.29 is 4.79 Å². The monoisotopic (exact) mass is 328 g/mol. The summed E-state index contributed by atoms with van der Waals surface area (Å²) >= 11 is 6.84. The highest BCUT2D eigenvalue weighted by Gasteiger charge is 2.23. The standard InChI is InChI=1S/C7H13IN4OS/c8-12-3-1-5(2-4-12)6(13)10-11-7(9)14/h5H,1-4H2,(H,10,13)(H3,9,11,14). The van der Waals surface area contributed by atoms with E-state index in [1.54, 1.807) is 0 Å². The zero-order valence-electron chi connectivity index (χ0n) is 7.62. The number of carbonyl (C=O) groups is 1. The van der Waals surface area contributed by atoms with E-state index in [9.17, 15) is 4.79 Å². The molecule has 0 atom stereocenters. The predicted molar refractivity (Wildman–Crippen MR) is 66.4 cm³/mol. The Morgan fingerprint density at radius 1 is 1.43 bits per heavy atom. The SMILES string of the molecule is NC(=S)NNC(=O)C1CCN(I)CC1. The molecule has 0 aromatic carbocycles. The minimum Gasteiger partial charge on any atom is -0.375 e. The Hall–Kier alpha value is -0.150. The van der Waals surface area contributed by atoms with Crippen LogP contribution in [0.5, 0.6) is 0 Å². The van der Waals surface area contributed by atoms with Crippen LogP contribution in [0.1, 0.15) is 12.8 Å². The Morgan fingerprint density at radius 2 is 2.00 bits per heavy atom. The van der Waals surface area contributed by atoms with Gasteiger partial charge in [-0.3, -0.25) is 15.6 Å². The maximum Gasteiger partial charge on any atom is 0.241 e. The second-order valence-electron chi connectivity index (χ2n) is 3.16. The summed E-state index contributed by atoms with van der Waals surface area (Å²) in [5, 5.41) is 0.0877. The smallest absolute Gasteiger partial charge is 0.241 e. The number of hydrazine groups is 1. The number of nitrogens with two attached hydrogens (primary N) is 1. The molecule has 1 amide bonds. The van der Waals surface area contributed by atoms with Crippen molar-refractivity contribution in [2.45, 2.75) is 12.8 Å². The number of hydrogen-bond donors (Lipinski definition) is 3. The Labute approximate surface area is 102 Å². The van der Waals surface area contributed by atoms with Crippen molar-refractivity contribution in [2.75, 3.05) is 13.1 Å². The van der Waals surface area contributed by atoms with Crippen LogP contribution in [0.3, 0.4) is 0 Å². The number of amides is 1. The molecule has 0 bridgehead atoms. The molecule has 0 saturated carbocycles. The molecule has 80 valence electrons. The van der Waals surface area contributed by atoms with Gasteiger partial charge in [0.2, 0.25) is 5.91 Å². The topological polar surface area (TPSA) is 70.4 Å². The molecular weight excluding hydrogens is 315 g/mol. The van der Waals surface area contributed by atoms with E-state index in [2.05, 4.69) is 49.0 Å². The Balaban J connectivity index is 2.27. The van der Waals surface area contributed by atoms with E-state index < -0.39 is 0 Å². The molecule has 0 radical (unpaired) electrons. The Morgan fingerprint density at radius 3 is 2.50 bits per heavy atom. The highest BCUT2D eigenvalue weighted by Crippen LogP contribution is 2.19. The van der Waals surface area contributed by atoms with Gasteiger partial charge in [0.25, 0.3) is 0 Å². The van der Waals surface area contributed by atoms with Gasteiger partial charge in [-0.15, -0.1) is 0 Å². The first-order chi connectivity index (χ1) is 6.59. The summed E-state index contributed by atoms with van der Waals surface area (Å²) in [5.74, 6) is 0.0465. The van der Waals surface area contributed by atoms with Gasteiger partial charge in [-0.1, -0.05) is 0 Å². The molecule has 0 unspecified atom stereocenters. The minimum absolute atomic E-state index is 0.0256. The van der Waals surface area contributed by atoms with Crippen molar-refractivity contribution in [2.24, 2.45) is 11.7 Å². The lowest BCUT2D eigenvalue weighted by Crippen LogP contribution is -2.48. The van der Waals surface area contributed by atoms with Gasteiger partial charge in [0.05, 0.1) is 0 Å². The van der Waals surface area contributed by atoms with Crippen LogP contribution >= 0.6 is 35.1 Å². The maximum absolute atomic E-state index is 11.5. The normalized spacial score (nSPS) is 18.9. The van der Waals surface area contributed by atoms with E-state index in [1.807, 2.05) is 0 Å². The first-order valence-corrected chi connectivity index (χ1v) is 5.73. The van der Waals surface area contributed by atoms with Crippen LogP contribution in [0.25, 0.3) is 0 Å². The number of hydrogen-bond acceptors (Lipinski definition) is 3. The minimum atomic E-state index is -0.0256. The predicted octanol–water partition coefficient (Wildman–Crippen LogP) is -0.0872. The number of piperidine rings is 1. The summed E-state index contributed by atoms with van der Waals surface area (Å²) in [6, 6.07) is 0. The molecule has 1 saturated heterocycles. The lowest BCUT2D eigenvalue weighted by atomic mass is 9.98. The number of halogens is 1. The summed E-state index contributed by atoms with van der Waals surface area (Å²) < 4.78 is 2.18. The van der Waals surface area contributed by atoms with Gasteiger partial charge in [-0.05, 0) is 25.1 Å². The average molecular weight is 328 g/mol. The molecule has 1 heterocycles. The molecule has 1 fully saturated rings. The number of nitrogens with zero attached hydrogens (tertiary/aromatic N) is 1. The number of thiocarbonyl (C=S) groups is 1. The van der Waals surface area contributed by atoms with Crippen molar-refractivity contribution in [3.63, 3.8) is 0 Å². The maximum atomic E-state index is 11.5. The third-order valence-electron chi connectivity index (χ3n) is 2.12. The lowest BCUT2D eigenvalue weighted by Gasteiger charge is -2.26. The van der Waals surface area contributed by atoms with Crippen LogP contribution in [0.15, 0.2) is 0 Å². The number of rotatable bonds is 1. The molecule has 0 aliphatic carbocycles. The second-order valence-corrected chi connectivity index (χ2v) is 4.97. The van der Waals surface area contributed by atoms with Gasteiger partial charge in [0.15, 0.2) is 5.11 Å². The lowest BCUT2D eigenvalue weighted by molar-refractivity contribution is -0.126. The zero-order chi connectivity index (χ0) is 10.6. The number of carbonyl (C=O) groups excluding carboxylic acids is 1. The van der Waals surface area contributed by atoms with E-state index >= 15 is 0 Å². The van der Waals surface area contributed by atoms with Gasteiger partial charge < -0.3 is 5.73 Å². The van der Waals surface area contributed by atoms with Gasteiger partial charge in [-0.2, -0.15) is 0 Å². The van der Waals surface area contributed by atoms with Crippen molar-refractivity contribution >= 4 is 46.1 Å². The molecule has 5 nitrogen and oxygen atoms in total. The Bertz CT molecular complexity index is 230. The fraction of sp³-hybridized carbons (Fsp3) is 0.714. The molecule has 0 aromatic heterocycles. The van der Waals surface area contributed by atoms with Crippen LogP contribution < -0.4 is 16.6 Å². The molecule has 14 heavy (non-hydrogen) atoms. The molecule has 0 spiro atoms. The van der Waals surface area contributed by atoms with Crippen molar-refractivity contribution in [1.82, 2.24) is 14.0 Å². The van der Waals surface area contributed by atoms with E-state index in [4.69, 9.17) is 5.73 Å². The van der Waals surface area contributed by atoms with E-state index in [-0.39, 0.29) is 16.9 Å². The zero-order valence-corrected chi connectivity index (χ0v) is 10.6. The molecule has 7 heteroatoms. The Kier molecular flexibility index (Phi) is 4.82. The van der Waals surface area contributed by atoms with Gasteiger partial charge >= 0.3 is 0 Å². The third-order valence-corrected chi connectivity index (χ3v) is 3.19. The summed E-state index contributed by atoms with van der Waals surface area (Å²) in [5.41, 5.74) is 10.1. The third kappa shape index (κ3) is 3.93. The van der Waals surface area contributed by atoms with E-state index in [0.29, 0.717) is 0 Å². The molecule has 1 aliphatic rings. The van der Waals surface area contributed by atoms with Gasteiger partial charge in [-0.25, -0.2) is 3.11 Å². The van der Waals surface area contributed by atoms with Crippen LogP contribution in [0.4, 0.5) is 0 Å². The quantitative estimate of drug-likeness (QED) is 0.272. The molecule has 1 rings (SSSR count). The van der Waals surface area contributed by atoms with Crippen molar-refractivity contribution in [1.29, 1.82) is 0 Å². The second kappa shape index (κ2) is 5.66. The van der Waals surface area contributed by atoms with Crippen molar-refractivity contribution in [3.05, 3.63) is 0 Å².